The quantitative estimate of drug-likeness (QED) is 0.625. The average Bonchev–Trinajstić information content (AvgIpc) is 3.20. The Morgan fingerprint density at radius 1 is 1.15 bits per heavy atom. The molecule has 1 unspecified atom stereocenters. The number of nitrogens with one attached hydrogen (secondary N) is 3. The number of imide groups is 1. The highest BCUT2D eigenvalue weighted by Crippen LogP contribution is 2.27. The van der Waals surface area contributed by atoms with Gasteiger partial charge in [0.25, 0.3) is 11.8 Å². The number of amides is 4. The maximum absolute atomic E-state index is 12.8. The molecule has 4 amide bonds. The minimum Gasteiger partial charge on any atom is -0.345 e. The number of H-pyrrole nitrogens is 1. The van der Waals surface area contributed by atoms with Gasteiger partial charge in [-0.05, 0) is 30.7 Å². The molecule has 1 aromatic heterocycles. The predicted molar refractivity (Wildman–Crippen MR) is 92.7 cm³/mol. The van der Waals surface area contributed by atoms with Gasteiger partial charge in [0, 0.05) is 5.56 Å². The normalized spacial score (nSPS) is 19.7. The van der Waals surface area contributed by atoms with Gasteiger partial charge in [-0.3, -0.25) is 15.0 Å². The third-order valence-electron chi connectivity index (χ3n) is 4.44. The first-order valence-corrected chi connectivity index (χ1v) is 7.95. The van der Waals surface area contributed by atoms with Crippen LogP contribution in [0.15, 0.2) is 54.9 Å². The maximum Gasteiger partial charge on any atom is 0.344 e. The summed E-state index contributed by atoms with van der Waals surface area (Å²) in [6.07, 6.45) is 1.52. The van der Waals surface area contributed by atoms with E-state index >= 15 is 0 Å². The number of rotatable bonds is 3. The van der Waals surface area contributed by atoms with E-state index in [1.807, 2.05) is 6.07 Å². The highest BCUT2D eigenvalue weighted by Gasteiger charge is 2.50. The zero-order valence-electron chi connectivity index (χ0n) is 13.8. The summed E-state index contributed by atoms with van der Waals surface area (Å²) in [7, 11) is 0. The van der Waals surface area contributed by atoms with Crippen molar-refractivity contribution in [1.82, 2.24) is 25.7 Å². The van der Waals surface area contributed by atoms with E-state index in [1.54, 1.807) is 49.4 Å². The van der Waals surface area contributed by atoms with Crippen LogP contribution >= 0.6 is 0 Å². The van der Waals surface area contributed by atoms with Crippen molar-refractivity contribution in [3.8, 4) is 0 Å². The lowest BCUT2D eigenvalue weighted by Gasteiger charge is -2.22. The van der Waals surface area contributed by atoms with Gasteiger partial charge in [0.2, 0.25) is 0 Å². The summed E-state index contributed by atoms with van der Waals surface area (Å²) in [5.74, 6) is -1.12. The number of urea groups is 1. The Bertz CT molecular complexity index is 1030. The van der Waals surface area contributed by atoms with Crippen molar-refractivity contribution in [2.24, 2.45) is 0 Å². The predicted octanol–water partition coefficient (Wildman–Crippen LogP) is 1.67. The fraction of sp³-hybridized carbons (Fsp3) is 0.111. The van der Waals surface area contributed by atoms with E-state index < -0.39 is 23.4 Å². The van der Waals surface area contributed by atoms with Crippen LogP contribution < -0.4 is 10.7 Å². The highest BCUT2D eigenvalue weighted by molar-refractivity contribution is 6.09. The van der Waals surface area contributed by atoms with E-state index in [4.69, 9.17) is 0 Å². The van der Waals surface area contributed by atoms with Crippen molar-refractivity contribution in [1.29, 1.82) is 0 Å². The molecule has 3 N–H and O–H groups in total. The van der Waals surface area contributed by atoms with Crippen molar-refractivity contribution < 1.29 is 14.4 Å². The number of fused-ring (bicyclic) bond motifs is 1. The van der Waals surface area contributed by atoms with Gasteiger partial charge in [0.15, 0.2) is 0 Å². The van der Waals surface area contributed by atoms with Crippen LogP contribution in [-0.2, 0) is 10.3 Å². The second kappa shape index (κ2) is 5.69. The molecular weight excluding hydrogens is 334 g/mol. The number of nitrogens with zero attached hydrogens (tertiary/aromatic N) is 2. The molecule has 26 heavy (non-hydrogen) atoms. The van der Waals surface area contributed by atoms with Crippen LogP contribution in [0.3, 0.4) is 0 Å². The van der Waals surface area contributed by atoms with E-state index in [-0.39, 0.29) is 0 Å². The zero-order valence-corrected chi connectivity index (χ0v) is 13.8. The van der Waals surface area contributed by atoms with Gasteiger partial charge in [-0.2, -0.15) is 5.01 Å². The van der Waals surface area contributed by atoms with E-state index in [9.17, 15) is 14.4 Å². The summed E-state index contributed by atoms with van der Waals surface area (Å²) in [5, 5.41) is 3.35. The van der Waals surface area contributed by atoms with Gasteiger partial charge >= 0.3 is 6.03 Å². The van der Waals surface area contributed by atoms with Crippen LogP contribution in [0.25, 0.3) is 11.0 Å². The SMILES string of the molecule is CC1(c2ccccc2)NC(=O)N(NC(=O)c2ccc3nc[nH]c3c2)C1=O. The molecule has 0 spiro atoms. The molecule has 1 aliphatic heterocycles. The number of aromatic nitrogens is 2. The number of carbonyl (C=O) groups excluding carboxylic acids is 3. The monoisotopic (exact) mass is 349 g/mol. The van der Waals surface area contributed by atoms with Crippen LogP contribution in [0.4, 0.5) is 4.79 Å². The summed E-state index contributed by atoms with van der Waals surface area (Å²) >= 11 is 0. The third-order valence-corrected chi connectivity index (χ3v) is 4.44. The van der Waals surface area contributed by atoms with E-state index in [0.29, 0.717) is 27.2 Å². The minimum absolute atomic E-state index is 0.302. The third kappa shape index (κ3) is 2.39. The lowest BCUT2D eigenvalue weighted by atomic mass is 9.92. The van der Waals surface area contributed by atoms with Crippen molar-refractivity contribution in [2.75, 3.05) is 0 Å². The van der Waals surface area contributed by atoms with Crippen LogP contribution in [0, 0.1) is 0 Å². The van der Waals surface area contributed by atoms with Crippen molar-refractivity contribution in [3.63, 3.8) is 0 Å². The standard InChI is InChI=1S/C18H15N5O3/c1-18(12-5-3-2-4-6-12)16(25)23(17(26)21-18)22-15(24)11-7-8-13-14(9-11)20-10-19-13/h2-10H,1H3,(H,19,20)(H,21,26)(H,22,24). The maximum atomic E-state index is 12.8. The number of hydrogen-bond acceptors (Lipinski definition) is 4. The first kappa shape index (κ1) is 15.8. The lowest BCUT2D eigenvalue weighted by molar-refractivity contribution is -0.132. The summed E-state index contributed by atoms with van der Waals surface area (Å²) in [4.78, 5) is 44.5. The molecule has 0 saturated carbocycles. The van der Waals surface area contributed by atoms with Gasteiger partial charge in [-0.25, -0.2) is 9.78 Å². The number of hydrogen-bond donors (Lipinski definition) is 3. The van der Waals surface area contributed by atoms with E-state index in [2.05, 4.69) is 20.7 Å². The number of imidazole rings is 1. The van der Waals surface area contributed by atoms with Gasteiger partial charge in [-0.15, -0.1) is 0 Å². The molecule has 0 aliphatic carbocycles. The molecule has 2 aromatic carbocycles. The second-order valence-electron chi connectivity index (χ2n) is 6.14. The van der Waals surface area contributed by atoms with E-state index in [0.717, 1.165) is 0 Å². The van der Waals surface area contributed by atoms with Crippen LogP contribution in [0.5, 0.6) is 0 Å². The summed E-state index contributed by atoms with van der Waals surface area (Å²) in [6, 6.07) is 13.0. The molecule has 1 fully saturated rings. The van der Waals surface area contributed by atoms with E-state index in [1.165, 1.54) is 6.33 Å². The molecule has 130 valence electrons. The summed E-state index contributed by atoms with van der Waals surface area (Å²) in [6.45, 7) is 1.60. The number of carbonyl (C=O) groups is 3. The molecule has 3 aromatic rings. The van der Waals surface area contributed by atoms with Crippen molar-refractivity contribution >= 4 is 28.9 Å². The van der Waals surface area contributed by atoms with Gasteiger partial charge in [-0.1, -0.05) is 30.3 Å². The first-order chi connectivity index (χ1) is 12.5. The smallest absolute Gasteiger partial charge is 0.344 e. The molecule has 1 saturated heterocycles. The molecule has 1 atom stereocenters. The average molecular weight is 349 g/mol. The van der Waals surface area contributed by atoms with Gasteiger partial charge < -0.3 is 10.3 Å². The number of hydrazine groups is 1. The fourth-order valence-electron chi connectivity index (χ4n) is 2.95. The summed E-state index contributed by atoms with van der Waals surface area (Å²) in [5.41, 5.74) is 3.47. The van der Waals surface area contributed by atoms with Crippen LogP contribution in [0.2, 0.25) is 0 Å². The summed E-state index contributed by atoms with van der Waals surface area (Å²) < 4.78 is 0. The second-order valence-corrected chi connectivity index (χ2v) is 6.14. The number of benzene rings is 2. The molecule has 8 nitrogen and oxygen atoms in total. The Labute approximate surface area is 148 Å². The molecular formula is C18H15N5O3. The van der Waals surface area contributed by atoms with Crippen molar-refractivity contribution in [3.05, 3.63) is 66.0 Å². The van der Waals surface area contributed by atoms with Gasteiger partial charge in [0.05, 0.1) is 17.4 Å². The Hall–Kier alpha value is -3.68. The Balaban J connectivity index is 1.59. The van der Waals surface area contributed by atoms with Crippen LogP contribution in [0.1, 0.15) is 22.8 Å². The Morgan fingerprint density at radius 2 is 1.92 bits per heavy atom. The molecule has 8 heteroatoms. The topological polar surface area (TPSA) is 107 Å². The van der Waals surface area contributed by atoms with Gasteiger partial charge in [0.1, 0.15) is 5.54 Å². The molecule has 0 radical (unpaired) electrons. The van der Waals surface area contributed by atoms with Crippen LogP contribution in [-0.4, -0.2) is 32.8 Å². The van der Waals surface area contributed by atoms with Crippen molar-refractivity contribution in [2.45, 2.75) is 12.5 Å². The number of aromatic amines is 1. The molecule has 1 aliphatic rings. The first-order valence-electron chi connectivity index (χ1n) is 7.95. The Morgan fingerprint density at radius 3 is 2.69 bits per heavy atom. The Kier molecular flexibility index (Phi) is 3.47. The highest BCUT2D eigenvalue weighted by atomic mass is 16.2. The molecule has 4 rings (SSSR count). The molecule has 0 bridgehead atoms. The minimum atomic E-state index is -1.24. The molecule has 2 heterocycles. The fourth-order valence-corrected chi connectivity index (χ4v) is 2.95. The zero-order chi connectivity index (χ0) is 18.3. The lowest BCUT2D eigenvalue weighted by Crippen LogP contribution is -2.47. The largest absolute Gasteiger partial charge is 0.345 e.